The molecule has 0 spiro atoms. The molecule has 1 atom stereocenters. The van der Waals surface area contributed by atoms with E-state index in [2.05, 4.69) is 0 Å². The molecule has 0 radical (unpaired) electrons. The zero-order chi connectivity index (χ0) is 13.7. The fraction of sp³-hybridized carbons (Fsp3) is 0.417. The summed E-state index contributed by atoms with van der Waals surface area (Å²) in [6.07, 6.45) is -0.632. The highest BCUT2D eigenvalue weighted by molar-refractivity contribution is 6.42. The first kappa shape index (κ1) is 18.5. The van der Waals surface area contributed by atoms with Crippen molar-refractivity contribution in [2.75, 3.05) is 20.7 Å². The molecule has 0 aromatic heterocycles. The first-order valence-corrected chi connectivity index (χ1v) is 6.17. The molecule has 0 fully saturated rings. The van der Waals surface area contributed by atoms with Crippen molar-refractivity contribution < 1.29 is 9.53 Å². The van der Waals surface area contributed by atoms with Crippen LogP contribution >= 0.6 is 35.6 Å². The van der Waals surface area contributed by atoms with E-state index in [0.29, 0.717) is 16.6 Å². The van der Waals surface area contributed by atoms with Crippen LogP contribution in [0.4, 0.5) is 0 Å². The molecule has 4 nitrogen and oxygen atoms in total. The minimum Gasteiger partial charge on any atom is -0.370 e. The summed E-state index contributed by atoms with van der Waals surface area (Å²) < 4.78 is 5.00. The number of hydrogen-bond donors (Lipinski definition) is 1. The molecule has 1 rings (SSSR count). The zero-order valence-corrected chi connectivity index (χ0v) is 13.1. The van der Waals surface area contributed by atoms with E-state index < -0.39 is 6.10 Å². The van der Waals surface area contributed by atoms with Gasteiger partial charge in [0.1, 0.15) is 6.10 Å². The van der Waals surface area contributed by atoms with Crippen molar-refractivity contribution in [2.45, 2.75) is 12.6 Å². The smallest absolute Gasteiger partial charge is 0.253 e. The average molecular weight is 328 g/mol. The quantitative estimate of drug-likeness (QED) is 0.903. The van der Waals surface area contributed by atoms with Crippen molar-refractivity contribution in [2.24, 2.45) is 5.73 Å². The summed E-state index contributed by atoms with van der Waals surface area (Å²) >= 11 is 12.0. The van der Waals surface area contributed by atoms with E-state index in [4.69, 9.17) is 33.7 Å². The Morgan fingerprint density at radius 1 is 1.47 bits per heavy atom. The van der Waals surface area contributed by atoms with Crippen LogP contribution in [0.5, 0.6) is 0 Å². The minimum absolute atomic E-state index is 0. The molecular weight excluding hydrogens is 311 g/mol. The highest BCUT2D eigenvalue weighted by Gasteiger charge is 2.20. The number of carbonyl (C=O) groups excluding carboxylic acids is 1. The topological polar surface area (TPSA) is 55.6 Å². The molecule has 108 valence electrons. The number of rotatable bonds is 5. The van der Waals surface area contributed by atoms with Gasteiger partial charge in [-0.05, 0) is 11.6 Å². The largest absolute Gasteiger partial charge is 0.370 e. The Kier molecular flexibility index (Phi) is 8.38. The Morgan fingerprint density at radius 3 is 2.63 bits per heavy atom. The normalized spacial score (nSPS) is 11.6. The maximum absolute atomic E-state index is 12.0. The Hall–Kier alpha value is -0.520. The van der Waals surface area contributed by atoms with Crippen LogP contribution in [0.3, 0.4) is 0 Å². The number of likely N-dealkylation sites (N-methyl/N-ethyl adjacent to an activating group) is 1. The van der Waals surface area contributed by atoms with E-state index in [-0.39, 0.29) is 24.9 Å². The number of nitrogens with zero attached hydrogens (tertiary/aromatic N) is 1. The number of methoxy groups -OCH3 is 1. The second kappa shape index (κ2) is 8.61. The number of ether oxygens (including phenoxy) is 1. The van der Waals surface area contributed by atoms with Gasteiger partial charge in [0.05, 0.1) is 10.0 Å². The van der Waals surface area contributed by atoms with Crippen LogP contribution < -0.4 is 5.73 Å². The van der Waals surface area contributed by atoms with Gasteiger partial charge in [-0.15, -0.1) is 12.4 Å². The fourth-order valence-electron chi connectivity index (χ4n) is 1.55. The van der Waals surface area contributed by atoms with Crippen LogP contribution in [0.15, 0.2) is 18.2 Å². The zero-order valence-electron chi connectivity index (χ0n) is 10.7. The van der Waals surface area contributed by atoms with Crippen molar-refractivity contribution >= 4 is 41.5 Å². The van der Waals surface area contributed by atoms with Crippen LogP contribution in [-0.2, 0) is 16.1 Å². The lowest BCUT2D eigenvalue weighted by molar-refractivity contribution is -0.140. The SMILES string of the molecule is COC(CN)C(=O)N(C)Cc1cccc(Cl)c1Cl.Cl. The van der Waals surface area contributed by atoms with Crippen LogP contribution in [0, 0.1) is 0 Å². The van der Waals surface area contributed by atoms with Gasteiger partial charge in [0.15, 0.2) is 0 Å². The van der Waals surface area contributed by atoms with Crippen LogP contribution in [0.2, 0.25) is 10.0 Å². The van der Waals surface area contributed by atoms with Crippen LogP contribution in [-0.4, -0.2) is 37.6 Å². The number of hydrogen-bond acceptors (Lipinski definition) is 3. The third-order valence-corrected chi connectivity index (χ3v) is 3.45. The second-order valence-corrected chi connectivity index (χ2v) is 4.65. The first-order valence-electron chi connectivity index (χ1n) is 5.42. The lowest BCUT2D eigenvalue weighted by Crippen LogP contribution is -2.41. The molecular formula is C12H17Cl3N2O2. The Balaban J connectivity index is 0.00000324. The summed E-state index contributed by atoms with van der Waals surface area (Å²) in [4.78, 5) is 13.5. The third-order valence-electron chi connectivity index (χ3n) is 2.59. The average Bonchev–Trinajstić information content (AvgIpc) is 2.36. The Morgan fingerprint density at radius 2 is 2.11 bits per heavy atom. The first-order chi connectivity index (χ1) is 8.51. The van der Waals surface area contributed by atoms with Gasteiger partial charge >= 0.3 is 0 Å². The number of benzene rings is 1. The lowest BCUT2D eigenvalue weighted by Gasteiger charge is -2.22. The molecule has 19 heavy (non-hydrogen) atoms. The molecule has 1 aromatic carbocycles. The lowest BCUT2D eigenvalue weighted by atomic mass is 10.2. The van der Waals surface area contributed by atoms with E-state index in [9.17, 15) is 4.79 Å². The van der Waals surface area contributed by atoms with E-state index in [0.717, 1.165) is 5.56 Å². The predicted molar refractivity (Wildman–Crippen MR) is 80.0 cm³/mol. The minimum atomic E-state index is -0.632. The van der Waals surface area contributed by atoms with E-state index in [1.54, 1.807) is 19.2 Å². The van der Waals surface area contributed by atoms with Crippen molar-refractivity contribution in [3.63, 3.8) is 0 Å². The summed E-state index contributed by atoms with van der Waals surface area (Å²) in [5.41, 5.74) is 6.23. The van der Waals surface area contributed by atoms with E-state index in [1.807, 2.05) is 6.07 Å². The van der Waals surface area contributed by atoms with Gasteiger partial charge in [-0.3, -0.25) is 4.79 Å². The number of nitrogens with two attached hydrogens (primary N) is 1. The molecule has 7 heteroatoms. The highest BCUT2D eigenvalue weighted by Crippen LogP contribution is 2.26. The third kappa shape index (κ3) is 4.82. The van der Waals surface area contributed by atoms with Gasteiger partial charge in [-0.25, -0.2) is 0 Å². The molecule has 0 bridgehead atoms. The molecule has 0 aliphatic carbocycles. The Labute approximate surface area is 129 Å². The Bertz CT molecular complexity index is 425. The summed E-state index contributed by atoms with van der Waals surface area (Å²) in [6, 6.07) is 5.31. The van der Waals surface area contributed by atoms with Gasteiger partial charge in [-0.1, -0.05) is 35.3 Å². The van der Waals surface area contributed by atoms with Gasteiger partial charge in [0.2, 0.25) is 0 Å². The maximum atomic E-state index is 12.0. The molecule has 0 aliphatic heterocycles. The number of amides is 1. The standard InChI is InChI=1S/C12H16Cl2N2O2.ClH/c1-16(12(17)10(6-15)18-2)7-8-4-3-5-9(13)11(8)14;/h3-5,10H,6-7,15H2,1-2H3;1H. The molecule has 0 saturated heterocycles. The van der Waals surface area contributed by atoms with Gasteiger partial charge in [0.25, 0.3) is 5.91 Å². The molecule has 0 saturated carbocycles. The van der Waals surface area contributed by atoms with Crippen molar-refractivity contribution in [3.05, 3.63) is 33.8 Å². The molecule has 0 heterocycles. The van der Waals surface area contributed by atoms with E-state index >= 15 is 0 Å². The maximum Gasteiger partial charge on any atom is 0.253 e. The molecule has 1 unspecified atom stereocenters. The van der Waals surface area contributed by atoms with Gasteiger partial charge in [-0.2, -0.15) is 0 Å². The van der Waals surface area contributed by atoms with Gasteiger partial charge < -0.3 is 15.4 Å². The summed E-state index contributed by atoms with van der Waals surface area (Å²) in [5, 5.41) is 0.928. The van der Waals surface area contributed by atoms with Crippen molar-refractivity contribution in [3.8, 4) is 0 Å². The summed E-state index contributed by atoms with van der Waals surface area (Å²) in [5.74, 6) is -0.184. The van der Waals surface area contributed by atoms with Crippen LogP contribution in [0.25, 0.3) is 0 Å². The number of halogens is 3. The predicted octanol–water partition coefficient (Wildman–Crippen LogP) is 2.35. The molecule has 1 aromatic rings. The van der Waals surface area contributed by atoms with Crippen LogP contribution in [0.1, 0.15) is 5.56 Å². The van der Waals surface area contributed by atoms with Crippen molar-refractivity contribution in [1.82, 2.24) is 4.90 Å². The molecule has 1 amide bonds. The number of carbonyl (C=O) groups is 1. The second-order valence-electron chi connectivity index (χ2n) is 3.87. The fourth-order valence-corrected chi connectivity index (χ4v) is 1.93. The monoisotopic (exact) mass is 326 g/mol. The molecule has 0 aliphatic rings. The highest BCUT2D eigenvalue weighted by atomic mass is 35.5. The van der Waals surface area contributed by atoms with Crippen molar-refractivity contribution in [1.29, 1.82) is 0 Å². The molecule has 2 N–H and O–H groups in total. The van der Waals surface area contributed by atoms with Gasteiger partial charge in [0, 0.05) is 27.2 Å². The summed E-state index contributed by atoms with van der Waals surface area (Å²) in [7, 11) is 3.12. The summed E-state index contributed by atoms with van der Waals surface area (Å²) in [6.45, 7) is 0.501. The van der Waals surface area contributed by atoms with E-state index in [1.165, 1.54) is 12.0 Å².